The van der Waals surface area contributed by atoms with E-state index in [0.717, 1.165) is 115 Å². The summed E-state index contributed by atoms with van der Waals surface area (Å²) in [6, 6.07) is 23.8. The molecule has 6 heteroatoms. The lowest BCUT2D eigenvalue weighted by atomic mass is 9.87. The summed E-state index contributed by atoms with van der Waals surface area (Å²) in [5, 5.41) is 24.4. The summed E-state index contributed by atoms with van der Waals surface area (Å²) in [7, 11) is 0. The highest BCUT2D eigenvalue weighted by molar-refractivity contribution is 6.03. The number of fused-ring (bicyclic) bond motifs is 2. The predicted octanol–water partition coefficient (Wildman–Crippen LogP) is 9.42. The first-order chi connectivity index (χ1) is 24.7. The Labute approximate surface area is 305 Å². The molecule has 3 fully saturated rings. The fraction of sp³-hybridized carbons (Fsp3) is 0.511. The lowest BCUT2D eigenvalue weighted by molar-refractivity contribution is 0.0810. The summed E-state index contributed by atoms with van der Waals surface area (Å²) in [6.07, 6.45) is 6.85. The van der Waals surface area contributed by atoms with E-state index >= 15 is 0 Å². The number of carbonyl (C=O) groups excluding carboxylic acids is 2. The number of rotatable bonds is 10. The SMILES string of the molecule is CC.CC(O)c1cc(C(=O)C2CCCN(CC3CC3)C2)cc2ccccc12.CCCN1CCCC(C(=O)c2cc(C(C)O)c3ccccc3c2)C1. The molecule has 2 N–H and O–H groups in total. The molecule has 1 saturated carbocycles. The quantitative estimate of drug-likeness (QED) is 0.161. The van der Waals surface area contributed by atoms with Crippen molar-refractivity contribution in [2.75, 3.05) is 39.3 Å². The Balaban J connectivity index is 0.000000189. The highest BCUT2D eigenvalue weighted by Crippen LogP contribution is 2.33. The fourth-order valence-electron chi connectivity index (χ4n) is 8.02. The number of aliphatic hydroxyl groups excluding tert-OH is 2. The van der Waals surface area contributed by atoms with E-state index in [4.69, 9.17) is 0 Å². The van der Waals surface area contributed by atoms with Crippen molar-refractivity contribution >= 4 is 33.1 Å². The van der Waals surface area contributed by atoms with Gasteiger partial charge in [-0.1, -0.05) is 69.3 Å². The van der Waals surface area contributed by atoms with E-state index in [-0.39, 0.29) is 23.4 Å². The molecule has 2 aliphatic heterocycles. The first-order valence-corrected chi connectivity index (χ1v) is 19.7. The Bertz CT molecular complexity index is 1760. The van der Waals surface area contributed by atoms with Gasteiger partial charge in [0.05, 0.1) is 12.2 Å². The zero-order valence-corrected chi connectivity index (χ0v) is 31.6. The summed E-state index contributed by atoms with van der Waals surface area (Å²) in [5.74, 6) is 1.51. The first-order valence-electron chi connectivity index (χ1n) is 19.7. The lowest BCUT2D eigenvalue weighted by Gasteiger charge is -2.32. The Kier molecular flexibility index (Phi) is 14.0. The van der Waals surface area contributed by atoms with Gasteiger partial charge in [-0.25, -0.2) is 0 Å². The maximum absolute atomic E-state index is 13.2. The van der Waals surface area contributed by atoms with Gasteiger partial charge in [-0.05, 0) is 141 Å². The predicted molar refractivity (Wildman–Crippen MR) is 211 cm³/mol. The van der Waals surface area contributed by atoms with Crippen LogP contribution in [0.1, 0.15) is 124 Å². The summed E-state index contributed by atoms with van der Waals surface area (Å²) < 4.78 is 0. The van der Waals surface area contributed by atoms with Crippen LogP contribution in [0.25, 0.3) is 21.5 Å². The Hall–Kier alpha value is -3.42. The summed E-state index contributed by atoms with van der Waals surface area (Å²) in [4.78, 5) is 31.1. The molecule has 4 atom stereocenters. The Morgan fingerprint density at radius 2 is 1.14 bits per heavy atom. The van der Waals surface area contributed by atoms with Gasteiger partial charge in [0.1, 0.15) is 0 Å². The number of likely N-dealkylation sites (tertiary alicyclic amines) is 2. The van der Waals surface area contributed by atoms with Crippen molar-refractivity contribution in [1.82, 2.24) is 9.80 Å². The van der Waals surface area contributed by atoms with Crippen LogP contribution in [0.2, 0.25) is 0 Å². The molecular formula is C45H60N2O4. The van der Waals surface area contributed by atoms with E-state index in [1.165, 1.54) is 19.4 Å². The molecule has 4 unspecified atom stereocenters. The maximum Gasteiger partial charge on any atom is 0.167 e. The van der Waals surface area contributed by atoms with Crippen molar-refractivity contribution in [1.29, 1.82) is 0 Å². The van der Waals surface area contributed by atoms with E-state index in [1.807, 2.05) is 86.6 Å². The van der Waals surface area contributed by atoms with Crippen LogP contribution in [0.5, 0.6) is 0 Å². The average molecular weight is 693 g/mol. The summed E-state index contributed by atoms with van der Waals surface area (Å²) in [6.45, 7) is 16.0. The molecule has 4 aromatic rings. The van der Waals surface area contributed by atoms with Gasteiger partial charge in [0.25, 0.3) is 0 Å². The fourth-order valence-corrected chi connectivity index (χ4v) is 8.02. The van der Waals surface area contributed by atoms with Gasteiger partial charge in [0.2, 0.25) is 0 Å². The topological polar surface area (TPSA) is 81.1 Å². The molecule has 274 valence electrons. The van der Waals surface area contributed by atoms with Crippen LogP contribution in [0.3, 0.4) is 0 Å². The number of benzene rings is 4. The van der Waals surface area contributed by atoms with Crippen molar-refractivity contribution in [2.24, 2.45) is 17.8 Å². The molecule has 2 heterocycles. The van der Waals surface area contributed by atoms with E-state index in [1.54, 1.807) is 13.8 Å². The maximum atomic E-state index is 13.2. The smallest absolute Gasteiger partial charge is 0.167 e. The molecule has 2 saturated heterocycles. The summed E-state index contributed by atoms with van der Waals surface area (Å²) in [5.41, 5.74) is 3.20. The largest absolute Gasteiger partial charge is 0.389 e. The highest BCUT2D eigenvalue weighted by atomic mass is 16.3. The molecular weight excluding hydrogens is 633 g/mol. The molecule has 6 nitrogen and oxygen atoms in total. The van der Waals surface area contributed by atoms with Crippen LogP contribution >= 0.6 is 0 Å². The van der Waals surface area contributed by atoms with E-state index in [2.05, 4.69) is 16.7 Å². The molecule has 3 aliphatic rings. The second kappa shape index (κ2) is 18.4. The van der Waals surface area contributed by atoms with Gasteiger partial charge < -0.3 is 20.0 Å². The zero-order valence-electron chi connectivity index (χ0n) is 31.6. The van der Waals surface area contributed by atoms with Crippen molar-refractivity contribution in [2.45, 2.75) is 91.8 Å². The van der Waals surface area contributed by atoms with Gasteiger partial charge in [0.15, 0.2) is 11.6 Å². The van der Waals surface area contributed by atoms with Gasteiger partial charge in [-0.3, -0.25) is 9.59 Å². The van der Waals surface area contributed by atoms with Crippen molar-refractivity contribution < 1.29 is 19.8 Å². The molecule has 0 amide bonds. The van der Waals surface area contributed by atoms with Crippen molar-refractivity contribution in [3.63, 3.8) is 0 Å². The Morgan fingerprint density at radius 3 is 1.59 bits per heavy atom. The third kappa shape index (κ3) is 9.92. The molecule has 4 aromatic carbocycles. The first kappa shape index (κ1) is 38.8. The number of hydrogen-bond acceptors (Lipinski definition) is 6. The number of aliphatic hydroxyl groups is 2. The van der Waals surface area contributed by atoms with Crippen LogP contribution in [-0.2, 0) is 0 Å². The standard InChI is InChI=1S/C22H27NO2.C21H27NO2.C2H6/c1-15(24)21-12-19(11-17-5-2-3-7-20(17)21)22(25)18-6-4-10-23(14-18)13-16-8-9-16;1-3-10-22-11-6-8-17(14-22)21(24)18-12-16-7-4-5-9-19(16)20(13-18)15(2)23;1-2/h2-3,5,7,11-12,15-16,18,24H,4,6,8-10,13-14H2,1H3;4-5,7,9,12-13,15,17,23H,3,6,8,10-11,14H2,1-2H3;1-2H3. The molecule has 0 radical (unpaired) electrons. The minimum absolute atomic E-state index is 0.0771. The minimum atomic E-state index is -0.578. The second-order valence-corrected chi connectivity index (χ2v) is 14.8. The molecule has 7 rings (SSSR count). The van der Waals surface area contributed by atoms with E-state index in [0.29, 0.717) is 0 Å². The van der Waals surface area contributed by atoms with Gasteiger partial charge >= 0.3 is 0 Å². The van der Waals surface area contributed by atoms with Crippen LogP contribution in [0.4, 0.5) is 0 Å². The number of carbonyl (C=O) groups is 2. The minimum Gasteiger partial charge on any atom is -0.389 e. The zero-order chi connectivity index (χ0) is 36.5. The second-order valence-electron chi connectivity index (χ2n) is 14.8. The molecule has 0 aromatic heterocycles. The normalized spacial score (nSPS) is 20.8. The van der Waals surface area contributed by atoms with Gasteiger partial charge in [-0.15, -0.1) is 0 Å². The van der Waals surface area contributed by atoms with Gasteiger partial charge in [-0.2, -0.15) is 0 Å². The molecule has 0 spiro atoms. The number of piperidine rings is 2. The highest BCUT2D eigenvalue weighted by Gasteiger charge is 2.31. The molecule has 0 bridgehead atoms. The number of Topliss-reactive ketones (excluding diaryl/α,β-unsaturated/α-hetero) is 2. The number of nitrogens with zero attached hydrogens (tertiary/aromatic N) is 2. The van der Waals surface area contributed by atoms with Gasteiger partial charge in [0, 0.05) is 42.6 Å². The third-order valence-corrected chi connectivity index (χ3v) is 10.8. The van der Waals surface area contributed by atoms with Crippen LogP contribution < -0.4 is 0 Å². The molecule has 51 heavy (non-hydrogen) atoms. The monoisotopic (exact) mass is 692 g/mol. The number of ketones is 2. The van der Waals surface area contributed by atoms with Crippen LogP contribution in [0, 0.1) is 17.8 Å². The van der Waals surface area contributed by atoms with Crippen LogP contribution in [0.15, 0.2) is 72.8 Å². The van der Waals surface area contributed by atoms with E-state index < -0.39 is 12.2 Å². The van der Waals surface area contributed by atoms with Crippen molar-refractivity contribution in [3.05, 3.63) is 95.1 Å². The third-order valence-electron chi connectivity index (χ3n) is 10.8. The lowest BCUT2D eigenvalue weighted by Crippen LogP contribution is -2.39. The number of hydrogen-bond donors (Lipinski definition) is 2. The van der Waals surface area contributed by atoms with Crippen LogP contribution in [-0.4, -0.2) is 70.8 Å². The molecule has 1 aliphatic carbocycles. The van der Waals surface area contributed by atoms with Crippen molar-refractivity contribution in [3.8, 4) is 0 Å². The summed E-state index contributed by atoms with van der Waals surface area (Å²) >= 11 is 0. The average Bonchev–Trinajstić information content (AvgIpc) is 3.98. The Morgan fingerprint density at radius 1 is 0.686 bits per heavy atom. The van der Waals surface area contributed by atoms with E-state index in [9.17, 15) is 19.8 Å².